The summed E-state index contributed by atoms with van der Waals surface area (Å²) in [6, 6.07) is 3.86. The van der Waals surface area contributed by atoms with Crippen LogP contribution < -0.4 is 11.1 Å². The Hall–Kier alpha value is -1.20. The third kappa shape index (κ3) is 3.27. The van der Waals surface area contributed by atoms with Gasteiger partial charge in [-0.2, -0.15) is 0 Å². The Kier molecular flexibility index (Phi) is 4.60. The number of anilines is 1. The molecule has 1 aromatic rings. The van der Waals surface area contributed by atoms with E-state index in [0.29, 0.717) is 4.99 Å². The summed E-state index contributed by atoms with van der Waals surface area (Å²) in [6.45, 7) is 2.87. The Bertz CT molecular complexity index is 493. The first-order valence-corrected chi connectivity index (χ1v) is 7.54. The summed E-state index contributed by atoms with van der Waals surface area (Å²) in [5.74, 6) is 0.862. The fraction of sp³-hybridized carbons (Fsp3) is 0.600. The molecule has 0 aromatic carbocycles. The molecule has 1 aliphatic rings. The predicted octanol–water partition coefficient (Wildman–Crippen LogP) is 2.31. The van der Waals surface area contributed by atoms with Gasteiger partial charge in [0.2, 0.25) is 0 Å². The third-order valence-electron chi connectivity index (χ3n) is 4.32. The molecule has 5 heteroatoms. The molecular weight excluding hydrogens is 268 g/mol. The van der Waals surface area contributed by atoms with E-state index in [1.165, 1.54) is 25.7 Å². The number of aryl methyl sites for hydroxylation is 1. The number of nitrogens with one attached hydrogen (secondary N) is 1. The smallest absolute Gasteiger partial charge is 0.126 e. The first kappa shape index (κ1) is 15.2. The number of hydrogen-bond acceptors (Lipinski definition) is 4. The molecule has 1 aromatic heterocycles. The van der Waals surface area contributed by atoms with Crippen molar-refractivity contribution in [2.75, 3.05) is 26.0 Å². The highest BCUT2D eigenvalue weighted by atomic mass is 32.1. The normalized spacial score (nSPS) is 17.4. The molecule has 1 saturated carbocycles. The zero-order valence-electron chi connectivity index (χ0n) is 12.6. The van der Waals surface area contributed by atoms with E-state index in [1.54, 1.807) is 0 Å². The summed E-state index contributed by atoms with van der Waals surface area (Å²) >= 11 is 5.05. The van der Waals surface area contributed by atoms with Gasteiger partial charge >= 0.3 is 0 Å². The van der Waals surface area contributed by atoms with Gasteiger partial charge in [-0.25, -0.2) is 4.98 Å². The lowest BCUT2D eigenvalue weighted by atomic mass is 9.96. The molecule has 0 unspecified atom stereocenters. The summed E-state index contributed by atoms with van der Waals surface area (Å²) in [5, 5.41) is 3.48. The molecule has 110 valence electrons. The number of likely N-dealkylation sites (N-methyl/N-ethyl adjacent to an activating group) is 1. The lowest BCUT2D eigenvalue weighted by Crippen LogP contribution is -2.47. The van der Waals surface area contributed by atoms with Crippen molar-refractivity contribution in [1.29, 1.82) is 0 Å². The highest BCUT2D eigenvalue weighted by Crippen LogP contribution is 2.33. The van der Waals surface area contributed by atoms with E-state index < -0.39 is 0 Å². The number of thiocarbonyl (C=S) groups is 1. The van der Waals surface area contributed by atoms with E-state index in [9.17, 15) is 0 Å². The van der Waals surface area contributed by atoms with Gasteiger partial charge in [-0.1, -0.05) is 25.1 Å². The van der Waals surface area contributed by atoms with Gasteiger partial charge in [0.1, 0.15) is 10.8 Å². The maximum Gasteiger partial charge on any atom is 0.126 e. The monoisotopic (exact) mass is 292 g/mol. The summed E-state index contributed by atoms with van der Waals surface area (Å²) in [6.07, 6.45) is 5.08. The van der Waals surface area contributed by atoms with E-state index in [-0.39, 0.29) is 5.54 Å². The van der Waals surface area contributed by atoms with Crippen molar-refractivity contribution in [1.82, 2.24) is 9.88 Å². The standard InChI is InChI=1S/C15H24N4S/c1-11-8-12(14(16)20)9-13(18-11)17-10-15(19(2)3)6-4-5-7-15/h8-9H,4-7,10H2,1-3H3,(H2,16,20)(H,17,18). The fourth-order valence-corrected chi connectivity index (χ4v) is 3.09. The molecule has 0 aliphatic heterocycles. The largest absolute Gasteiger partial charge is 0.389 e. The zero-order valence-corrected chi connectivity index (χ0v) is 13.4. The van der Waals surface area contributed by atoms with Gasteiger partial charge in [-0.3, -0.25) is 0 Å². The molecule has 1 aliphatic carbocycles. The second-order valence-corrected chi connectivity index (χ2v) is 6.37. The lowest BCUT2D eigenvalue weighted by Gasteiger charge is -2.36. The van der Waals surface area contributed by atoms with Crippen LogP contribution in [0.15, 0.2) is 12.1 Å². The fourth-order valence-electron chi connectivity index (χ4n) is 2.97. The SMILES string of the molecule is Cc1cc(C(N)=S)cc(NCC2(N(C)C)CCCC2)n1. The molecule has 3 N–H and O–H groups in total. The van der Waals surface area contributed by atoms with Crippen LogP contribution in [0.25, 0.3) is 0 Å². The van der Waals surface area contributed by atoms with Crippen molar-refractivity contribution in [2.24, 2.45) is 5.73 Å². The number of hydrogen-bond donors (Lipinski definition) is 2. The van der Waals surface area contributed by atoms with Crippen LogP contribution in [-0.4, -0.2) is 41.1 Å². The summed E-state index contributed by atoms with van der Waals surface area (Å²) < 4.78 is 0. The average molecular weight is 292 g/mol. The number of nitrogens with zero attached hydrogens (tertiary/aromatic N) is 2. The van der Waals surface area contributed by atoms with Crippen LogP contribution >= 0.6 is 12.2 Å². The Morgan fingerprint density at radius 1 is 1.40 bits per heavy atom. The Morgan fingerprint density at radius 2 is 2.05 bits per heavy atom. The number of aromatic nitrogens is 1. The van der Waals surface area contributed by atoms with Crippen molar-refractivity contribution in [2.45, 2.75) is 38.1 Å². The second kappa shape index (κ2) is 6.06. The molecule has 0 atom stereocenters. The van der Waals surface area contributed by atoms with E-state index in [1.807, 2.05) is 19.1 Å². The Labute approximate surface area is 126 Å². The molecule has 2 rings (SSSR count). The summed E-state index contributed by atoms with van der Waals surface area (Å²) in [5.41, 5.74) is 7.77. The summed E-state index contributed by atoms with van der Waals surface area (Å²) in [4.78, 5) is 7.29. The Morgan fingerprint density at radius 3 is 2.60 bits per heavy atom. The van der Waals surface area contributed by atoms with E-state index >= 15 is 0 Å². The van der Waals surface area contributed by atoms with Crippen LogP contribution in [0.4, 0.5) is 5.82 Å². The molecule has 1 fully saturated rings. The third-order valence-corrected chi connectivity index (χ3v) is 4.56. The molecule has 0 radical (unpaired) electrons. The molecule has 1 heterocycles. The van der Waals surface area contributed by atoms with Crippen LogP contribution in [0.2, 0.25) is 0 Å². The highest BCUT2D eigenvalue weighted by Gasteiger charge is 2.35. The number of rotatable bonds is 5. The second-order valence-electron chi connectivity index (χ2n) is 5.93. The van der Waals surface area contributed by atoms with Crippen LogP contribution in [0.3, 0.4) is 0 Å². The van der Waals surface area contributed by atoms with Crippen molar-refractivity contribution >= 4 is 23.0 Å². The molecular formula is C15H24N4S. The molecule has 0 amide bonds. The minimum absolute atomic E-state index is 0.245. The first-order chi connectivity index (χ1) is 9.43. The van der Waals surface area contributed by atoms with Gasteiger partial charge in [0, 0.05) is 23.3 Å². The molecule has 0 bridgehead atoms. The number of pyridine rings is 1. The molecule has 0 spiro atoms. The van der Waals surface area contributed by atoms with Gasteiger partial charge < -0.3 is 16.0 Å². The average Bonchev–Trinajstić information content (AvgIpc) is 2.86. The van der Waals surface area contributed by atoms with Crippen LogP contribution in [-0.2, 0) is 0 Å². The Balaban J connectivity index is 2.12. The molecule has 0 saturated heterocycles. The van der Waals surface area contributed by atoms with E-state index in [2.05, 4.69) is 29.3 Å². The van der Waals surface area contributed by atoms with Crippen LogP contribution in [0.5, 0.6) is 0 Å². The minimum Gasteiger partial charge on any atom is -0.389 e. The maximum absolute atomic E-state index is 5.71. The number of nitrogens with two attached hydrogens (primary N) is 1. The molecule has 20 heavy (non-hydrogen) atoms. The first-order valence-electron chi connectivity index (χ1n) is 7.13. The predicted molar refractivity (Wildman–Crippen MR) is 88.2 cm³/mol. The highest BCUT2D eigenvalue weighted by molar-refractivity contribution is 7.80. The van der Waals surface area contributed by atoms with E-state index in [4.69, 9.17) is 18.0 Å². The van der Waals surface area contributed by atoms with Crippen molar-refractivity contribution < 1.29 is 0 Å². The van der Waals surface area contributed by atoms with Crippen LogP contribution in [0.1, 0.15) is 36.9 Å². The van der Waals surface area contributed by atoms with Crippen LogP contribution in [0, 0.1) is 6.92 Å². The van der Waals surface area contributed by atoms with Crippen molar-refractivity contribution in [3.05, 3.63) is 23.4 Å². The van der Waals surface area contributed by atoms with Gasteiger partial charge in [-0.05, 0) is 46.0 Å². The van der Waals surface area contributed by atoms with Gasteiger partial charge in [-0.15, -0.1) is 0 Å². The molecule has 4 nitrogen and oxygen atoms in total. The van der Waals surface area contributed by atoms with Crippen molar-refractivity contribution in [3.63, 3.8) is 0 Å². The van der Waals surface area contributed by atoms with Crippen molar-refractivity contribution in [3.8, 4) is 0 Å². The quantitative estimate of drug-likeness (QED) is 0.816. The zero-order chi connectivity index (χ0) is 14.8. The van der Waals surface area contributed by atoms with Gasteiger partial charge in [0.05, 0.1) is 0 Å². The lowest BCUT2D eigenvalue weighted by molar-refractivity contribution is 0.172. The minimum atomic E-state index is 0.245. The van der Waals surface area contributed by atoms with Gasteiger partial charge in [0.25, 0.3) is 0 Å². The van der Waals surface area contributed by atoms with E-state index in [0.717, 1.165) is 23.6 Å². The van der Waals surface area contributed by atoms with Gasteiger partial charge in [0.15, 0.2) is 0 Å². The maximum atomic E-state index is 5.71. The summed E-state index contributed by atoms with van der Waals surface area (Å²) in [7, 11) is 4.33. The topological polar surface area (TPSA) is 54.2 Å².